The molecule has 8 nitrogen and oxygen atoms in total. The number of carbonyl (C=O) groups is 2. The van der Waals surface area contributed by atoms with E-state index < -0.39 is 5.97 Å². The van der Waals surface area contributed by atoms with Crippen LogP contribution in [0.2, 0.25) is 0 Å². The number of nitrogens with one attached hydrogen (secondary N) is 2. The molecule has 2 atom stereocenters. The predicted molar refractivity (Wildman–Crippen MR) is 160 cm³/mol. The number of hydrogen-bond acceptors (Lipinski definition) is 5. The van der Waals surface area contributed by atoms with Crippen molar-refractivity contribution in [1.82, 2.24) is 15.2 Å². The van der Waals surface area contributed by atoms with Crippen molar-refractivity contribution < 1.29 is 19.1 Å². The maximum atomic E-state index is 13.1. The molecular weight excluding hydrogens is 536 g/mol. The Labute approximate surface area is 241 Å². The van der Waals surface area contributed by atoms with Gasteiger partial charge in [0.25, 0.3) is 0 Å². The molecule has 204 valence electrons. The van der Waals surface area contributed by atoms with Crippen molar-refractivity contribution in [3.63, 3.8) is 0 Å². The molecule has 3 N–H and O–H groups in total. The summed E-state index contributed by atoms with van der Waals surface area (Å²) in [6.07, 6.45) is 1.94. The maximum Gasteiger partial charge on any atom is 0.335 e. The van der Waals surface area contributed by atoms with Crippen molar-refractivity contribution in [2.75, 3.05) is 11.9 Å². The Morgan fingerprint density at radius 2 is 1.73 bits per heavy atom. The second-order valence-electron chi connectivity index (χ2n) is 9.73. The van der Waals surface area contributed by atoms with E-state index in [9.17, 15) is 14.7 Å². The van der Waals surface area contributed by atoms with Crippen molar-refractivity contribution in [1.29, 1.82) is 0 Å². The van der Waals surface area contributed by atoms with E-state index in [0.29, 0.717) is 23.2 Å². The zero-order chi connectivity index (χ0) is 28.3. The zero-order valence-electron chi connectivity index (χ0n) is 21.9. The number of aromatic nitrogens is 1. The number of aromatic carboxylic acids is 1. The largest absolute Gasteiger partial charge is 0.478 e. The highest BCUT2D eigenvalue weighted by atomic mass is 32.1. The quantitative estimate of drug-likeness (QED) is 0.192. The van der Waals surface area contributed by atoms with Crippen LogP contribution < -0.4 is 10.6 Å². The number of hydrogen-bond donors (Lipinski definition) is 3. The fraction of sp³-hybridized carbons (Fsp3) is 0.125. The topological polar surface area (TPSA) is 108 Å². The molecule has 0 spiro atoms. The van der Waals surface area contributed by atoms with Gasteiger partial charge >= 0.3 is 5.97 Å². The van der Waals surface area contributed by atoms with Crippen LogP contribution in [0.4, 0.5) is 5.69 Å². The molecule has 1 fully saturated rings. The summed E-state index contributed by atoms with van der Waals surface area (Å²) in [6, 6.07) is 29.1. The Kier molecular flexibility index (Phi) is 7.18. The summed E-state index contributed by atoms with van der Waals surface area (Å²) >= 11 is 5.74. The number of pyridine rings is 1. The number of nitrogens with zero attached hydrogens (tertiary/aromatic N) is 2. The second-order valence-corrected chi connectivity index (χ2v) is 10.1. The Morgan fingerprint density at radius 1 is 0.951 bits per heavy atom. The first-order valence-electron chi connectivity index (χ1n) is 13.2. The number of carboxylic acids is 1. The lowest BCUT2D eigenvalue weighted by atomic mass is 10.0. The van der Waals surface area contributed by atoms with Gasteiger partial charge in [-0.15, -0.1) is 0 Å². The van der Waals surface area contributed by atoms with E-state index in [1.165, 1.54) is 0 Å². The fourth-order valence-corrected chi connectivity index (χ4v) is 5.50. The number of rotatable bonds is 8. The van der Waals surface area contributed by atoms with Crippen LogP contribution in [0.1, 0.15) is 40.3 Å². The van der Waals surface area contributed by atoms with E-state index in [1.807, 2.05) is 77.7 Å². The zero-order valence-corrected chi connectivity index (χ0v) is 22.7. The highest BCUT2D eigenvalue weighted by molar-refractivity contribution is 7.80. The van der Waals surface area contributed by atoms with Gasteiger partial charge in [-0.1, -0.05) is 54.6 Å². The van der Waals surface area contributed by atoms with Crippen molar-refractivity contribution in [3.05, 3.63) is 120 Å². The number of amides is 1. The van der Waals surface area contributed by atoms with Gasteiger partial charge in [0.05, 0.1) is 17.3 Å². The molecule has 6 rings (SSSR count). The standard InChI is InChI=1S/C32H26N4O4S/c37-28(34-24-10-5-7-20-6-1-2-8-23(20)24)17-19-36-30(29(35-32(36)41)25-9-3-4-18-33-25)27-16-15-26(40-27)21-11-13-22(14-12-21)31(38)39/h1-16,18,29-30H,17,19H2,(H,34,37)(H,35,41)(H,38,39)/t29-,30+/m0/s1. The van der Waals surface area contributed by atoms with E-state index in [4.69, 9.17) is 16.6 Å². The van der Waals surface area contributed by atoms with E-state index in [0.717, 1.165) is 27.7 Å². The highest BCUT2D eigenvalue weighted by Crippen LogP contribution is 2.40. The molecule has 0 saturated carbocycles. The minimum Gasteiger partial charge on any atom is -0.478 e. The lowest BCUT2D eigenvalue weighted by Crippen LogP contribution is -2.32. The molecule has 9 heteroatoms. The molecule has 2 aromatic heterocycles. The van der Waals surface area contributed by atoms with Gasteiger partial charge in [-0.2, -0.15) is 0 Å². The number of carboxylic acid groups (broad SMARTS) is 1. The van der Waals surface area contributed by atoms with E-state index in [-0.39, 0.29) is 30.0 Å². The molecule has 0 radical (unpaired) electrons. The Balaban J connectivity index is 1.25. The highest BCUT2D eigenvalue weighted by Gasteiger charge is 2.41. The van der Waals surface area contributed by atoms with Crippen LogP contribution in [0.25, 0.3) is 22.1 Å². The molecule has 41 heavy (non-hydrogen) atoms. The minimum absolute atomic E-state index is 0.122. The second kappa shape index (κ2) is 11.2. The normalized spacial score (nSPS) is 16.5. The van der Waals surface area contributed by atoms with Gasteiger partial charge < -0.3 is 25.1 Å². The monoisotopic (exact) mass is 562 g/mol. The van der Waals surface area contributed by atoms with Crippen molar-refractivity contribution >= 4 is 45.7 Å². The molecular formula is C32H26N4O4S. The Hall–Kier alpha value is -5.02. The number of thiocarbonyl (C=S) groups is 1. The number of anilines is 1. The third-order valence-corrected chi connectivity index (χ3v) is 7.53. The molecule has 0 unspecified atom stereocenters. The number of fused-ring (bicyclic) bond motifs is 1. The van der Waals surface area contributed by atoms with E-state index in [2.05, 4.69) is 15.6 Å². The van der Waals surface area contributed by atoms with Crippen LogP contribution in [0, 0.1) is 0 Å². The minimum atomic E-state index is -0.986. The van der Waals surface area contributed by atoms with Gasteiger partial charge in [0.1, 0.15) is 17.6 Å². The summed E-state index contributed by atoms with van der Waals surface area (Å²) in [5.41, 5.74) is 2.52. The number of furan rings is 1. The maximum absolute atomic E-state index is 13.1. The first kappa shape index (κ1) is 26.2. The first-order valence-corrected chi connectivity index (χ1v) is 13.6. The van der Waals surface area contributed by atoms with Crippen molar-refractivity contribution in [3.8, 4) is 11.3 Å². The van der Waals surface area contributed by atoms with Crippen LogP contribution in [-0.4, -0.2) is 38.5 Å². The molecule has 1 aliphatic rings. The fourth-order valence-electron chi connectivity index (χ4n) is 5.17. The molecule has 3 heterocycles. The SMILES string of the molecule is O=C(CCN1C(=S)N[C@@H](c2ccccn2)[C@H]1c1ccc(-c2ccc(C(=O)O)cc2)o1)Nc1cccc2ccccc12. The lowest BCUT2D eigenvalue weighted by Gasteiger charge is -2.26. The summed E-state index contributed by atoms with van der Waals surface area (Å²) in [5, 5.41) is 18.2. The van der Waals surface area contributed by atoms with Crippen LogP contribution >= 0.6 is 12.2 Å². The Morgan fingerprint density at radius 3 is 2.51 bits per heavy atom. The predicted octanol–water partition coefficient (Wildman–Crippen LogP) is 6.19. The van der Waals surface area contributed by atoms with Gasteiger partial charge in [0, 0.05) is 35.8 Å². The summed E-state index contributed by atoms with van der Waals surface area (Å²) in [7, 11) is 0. The summed E-state index contributed by atoms with van der Waals surface area (Å²) in [4.78, 5) is 30.9. The number of carbonyl (C=O) groups excluding carboxylic acids is 1. The average Bonchev–Trinajstić information content (AvgIpc) is 3.61. The summed E-state index contributed by atoms with van der Waals surface area (Å²) in [6.45, 7) is 0.361. The molecule has 0 bridgehead atoms. The molecule has 1 saturated heterocycles. The van der Waals surface area contributed by atoms with Gasteiger partial charge in [-0.05, 0) is 60.1 Å². The molecule has 5 aromatic rings. The number of benzene rings is 3. The van der Waals surface area contributed by atoms with Crippen molar-refractivity contribution in [2.45, 2.75) is 18.5 Å². The third-order valence-electron chi connectivity index (χ3n) is 7.18. The summed E-state index contributed by atoms with van der Waals surface area (Å²) < 4.78 is 6.32. The average molecular weight is 563 g/mol. The smallest absolute Gasteiger partial charge is 0.335 e. The Bertz CT molecular complexity index is 1730. The van der Waals surface area contributed by atoms with Crippen LogP contribution in [0.5, 0.6) is 0 Å². The molecule has 1 amide bonds. The molecule has 3 aromatic carbocycles. The van der Waals surface area contributed by atoms with E-state index in [1.54, 1.807) is 30.5 Å². The van der Waals surface area contributed by atoms with Crippen LogP contribution in [0.3, 0.4) is 0 Å². The molecule has 1 aliphatic heterocycles. The van der Waals surface area contributed by atoms with Crippen molar-refractivity contribution in [2.24, 2.45) is 0 Å². The van der Waals surface area contributed by atoms with Crippen LogP contribution in [0.15, 0.2) is 108 Å². The summed E-state index contributed by atoms with van der Waals surface area (Å²) in [5.74, 6) is 0.145. The van der Waals surface area contributed by atoms with Gasteiger partial charge in [-0.25, -0.2) is 4.79 Å². The van der Waals surface area contributed by atoms with Gasteiger partial charge in [-0.3, -0.25) is 9.78 Å². The molecule has 0 aliphatic carbocycles. The third kappa shape index (κ3) is 5.39. The van der Waals surface area contributed by atoms with Gasteiger partial charge in [0.2, 0.25) is 5.91 Å². The lowest BCUT2D eigenvalue weighted by molar-refractivity contribution is -0.116. The van der Waals surface area contributed by atoms with Gasteiger partial charge in [0.15, 0.2) is 5.11 Å². The van der Waals surface area contributed by atoms with E-state index >= 15 is 0 Å². The van der Waals surface area contributed by atoms with Crippen LogP contribution in [-0.2, 0) is 4.79 Å². The first-order chi connectivity index (χ1) is 20.0.